The highest BCUT2D eigenvalue weighted by Gasteiger charge is 2.75. The second-order valence-corrected chi connectivity index (χ2v) is 4.30. The molecule has 2 nitrogen and oxygen atoms in total. The van der Waals surface area contributed by atoms with Crippen LogP contribution in [0.5, 0.6) is 0 Å². The molecule has 0 heterocycles. The van der Waals surface area contributed by atoms with Gasteiger partial charge in [0.25, 0.3) is 6.43 Å². The minimum atomic E-state index is -6.74. The fraction of sp³-hybridized carbons (Fsp3) is 1.00. The van der Waals surface area contributed by atoms with E-state index in [1.807, 2.05) is 0 Å². The Hall–Kier alpha value is -0.920. The van der Waals surface area contributed by atoms with Gasteiger partial charge >= 0.3 is 17.9 Å². The Morgan fingerprint density at radius 2 is 0.913 bits per heavy atom. The molecular formula is C9H8F12O2. The van der Waals surface area contributed by atoms with Crippen LogP contribution in [0.15, 0.2) is 0 Å². The summed E-state index contributed by atoms with van der Waals surface area (Å²) in [5.74, 6) is -13.4. The van der Waals surface area contributed by atoms with E-state index < -0.39 is 55.2 Å². The van der Waals surface area contributed by atoms with Crippen molar-refractivity contribution in [3.8, 4) is 0 Å². The van der Waals surface area contributed by atoms with Crippen molar-refractivity contribution >= 4 is 0 Å². The molecule has 140 valence electrons. The van der Waals surface area contributed by atoms with Gasteiger partial charge in [0.2, 0.25) is 6.17 Å². The van der Waals surface area contributed by atoms with Crippen LogP contribution in [0.2, 0.25) is 0 Å². The summed E-state index contributed by atoms with van der Waals surface area (Å²) in [7, 11) is 0. The van der Waals surface area contributed by atoms with E-state index in [1.54, 1.807) is 0 Å². The molecule has 0 aromatic rings. The molecule has 2 N–H and O–H groups in total. The van der Waals surface area contributed by atoms with Gasteiger partial charge in [-0.3, -0.25) is 0 Å². The molecule has 0 radical (unpaired) electrons. The zero-order valence-corrected chi connectivity index (χ0v) is 10.4. The van der Waals surface area contributed by atoms with Crippen molar-refractivity contribution in [3.05, 3.63) is 0 Å². The lowest BCUT2D eigenvalue weighted by atomic mass is 9.96. The number of hydrogen-bond donors (Lipinski definition) is 2. The van der Waals surface area contributed by atoms with E-state index in [-0.39, 0.29) is 0 Å². The molecule has 0 aliphatic rings. The summed E-state index contributed by atoms with van der Waals surface area (Å²) in [6.45, 7) is 0. The predicted octanol–water partition coefficient (Wildman–Crippen LogP) is 2.82. The highest BCUT2D eigenvalue weighted by Crippen LogP contribution is 2.47. The lowest BCUT2D eigenvalue weighted by Gasteiger charge is -2.34. The first-order valence-corrected chi connectivity index (χ1v) is 5.37. The molecule has 0 aliphatic carbocycles. The van der Waals surface area contributed by atoms with Crippen molar-refractivity contribution in [2.45, 2.75) is 55.2 Å². The van der Waals surface area contributed by atoms with E-state index in [4.69, 9.17) is 10.2 Å². The van der Waals surface area contributed by atoms with E-state index in [0.29, 0.717) is 0 Å². The first-order chi connectivity index (χ1) is 10.00. The Kier molecular flexibility index (Phi) is 6.63. The molecule has 0 aliphatic heterocycles. The van der Waals surface area contributed by atoms with Crippen LogP contribution in [0.25, 0.3) is 0 Å². The van der Waals surface area contributed by atoms with Crippen LogP contribution >= 0.6 is 0 Å². The zero-order valence-electron chi connectivity index (χ0n) is 10.4. The third-order valence-corrected chi connectivity index (χ3v) is 2.60. The van der Waals surface area contributed by atoms with Crippen molar-refractivity contribution in [1.29, 1.82) is 0 Å². The summed E-state index contributed by atoms with van der Waals surface area (Å²) >= 11 is 0. The van der Waals surface area contributed by atoms with Crippen molar-refractivity contribution < 1.29 is 62.9 Å². The van der Waals surface area contributed by atoms with E-state index >= 15 is 0 Å². The van der Waals surface area contributed by atoms with E-state index in [1.165, 1.54) is 0 Å². The van der Waals surface area contributed by atoms with Gasteiger partial charge in [-0.15, -0.1) is 0 Å². The molecule has 23 heavy (non-hydrogen) atoms. The summed E-state index contributed by atoms with van der Waals surface area (Å²) in [5.41, 5.74) is 0. The standard InChI is InChI=1S/C9H8F12O2/c10-1(2(11)4(13)6(15)16)3(12)5(14)7(17,18)8(19,20)9(21,22)23/h1-6,22-23H. The third kappa shape index (κ3) is 4.14. The van der Waals surface area contributed by atoms with E-state index in [9.17, 15) is 52.7 Å². The quantitative estimate of drug-likeness (QED) is 0.505. The number of alkyl halides is 12. The van der Waals surface area contributed by atoms with Gasteiger partial charge in [0.05, 0.1) is 0 Å². The molecule has 0 spiro atoms. The molecule has 0 fully saturated rings. The fourth-order valence-corrected chi connectivity index (χ4v) is 1.24. The van der Waals surface area contributed by atoms with Crippen LogP contribution < -0.4 is 0 Å². The van der Waals surface area contributed by atoms with Crippen LogP contribution in [0.4, 0.5) is 52.7 Å². The maximum absolute atomic E-state index is 13.0. The first-order valence-electron chi connectivity index (χ1n) is 5.37. The van der Waals surface area contributed by atoms with Crippen molar-refractivity contribution in [1.82, 2.24) is 0 Å². The Balaban J connectivity index is 5.39. The monoisotopic (exact) mass is 376 g/mol. The van der Waals surface area contributed by atoms with Crippen LogP contribution in [-0.2, 0) is 0 Å². The highest BCUT2D eigenvalue weighted by atomic mass is 19.3. The SMILES string of the molecule is OC(O)(F)C(F)(F)C(F)(F)C(F)C(F)C(F)C(F)C(F)C(F)F. The molecule has 5 atom stereocenters. The second kappa shape index (κ2) is 6.91. The van der Waals surface area contributed by atoms with Gasteiger partial charge in [-0.05, 0) is 0 Å². The molecule has 0 amide bonds. The Bertz CT molecular complexity index is 383. The lowest BCUT2D eigenvalue weighted by molar-refractivity contribution is -0.423. The Morgan fingerprint density at radius 1 is 0.565 bits per heavy atom. The van der Waals surface area contributed by atoms with Crippen molar-refractivity contribution in [2.24, 2.45) is 0 Å². The summed E-state index contributed by atoms with van der Waals surface area (Å²) in [5, 5.41) is 15.5. The third-order valence-electron chi connectivity index (χ3n) is 2.60. The van der Waals surface area contributed by atoms with Crippen LogP contribution in [0.3, 0.4) is 0 Å². The van der Waals surface area contributed by atoms with Gasteiger partial charge in [0.1, 0.15) is 0 Å². The molecule has 0 saturated heterocycles. The summed E-state index contributed by atoms with van der Waals surface area (Å²) < 4.78 is 151. The molecular weight excluding hydrogens is 368 g/mol. The minimum Gasteiger partial charge on any atom is -0.335 e. The molecule has 0 bridgehead atoms. The normalized spacial score (nSPS) is 21.0. The molecule has 0 saturated carbocycles. The highest BCUT2D eigenvalue weighted by molar-refractivity contribution is 5.01. The van der Waals surface area contributed by atoms with E-state index in [0.717, 1.165) is 0 Å². The zero-order chi connectivity index (χ0) is 19.0. The average Bonchev–Trinajstić information content (AvgIpc) is 2.41. The maximum Gasteiger partial charge on any atom is 0.396 e. The Labute approximate surface area is 119 Å². The molecule has 0 aromatic carbocycles. The van der Waals surface area contributed by atoms with Crippen molar-refractivity contribution in [2.75, 3.05) is 0 Å². The molecule has 5 unspecified atom stereocenters. The average molecular weight is 376 g/mol. The first kappa shape index (κ1) is 22.1. The Morgan fingerprint density at radius 3 is 1.22 bits per heavy atom. The van der Waals surface area contributed by atoms with Crippen LogP contribution in [-0.4, -0.2) is 65.4 Å². The number of hydrogen-bond acceptors (Lipinski definition) is 2. The second-order valence-electron chi connectivity index (χ2n) is 4.30. The largest absolute Gasteiger partial charge is 0.396 e. The number of rotatable bonds is 8. The van der Waals surface area contributed by atoms with E-state index in [2.05, 4.69) is 0 Å². The van der Waals surface area contributed by atoms with Gasteiger partial charge in [0.15, 0.2) is 24.7 Å². The van der Waals surface area contributed by atoms with Gasteiger partial charge in [-0.2, -0.15) is 22.0 Å². The van der Waals surface area contributed by atoms with Crippen LogP contribution in [0, 0.1) is 0 Å². The smallest absolute Gasteiger partial charge is 0.335 e. The number of aliphatic hydroxyl groups is 2. The maximum atomic E-state index is 13.0. The van der Waals surface area contributed by atoms with Gasteiger partial charge < -0.3 is 10.2 Å². The molecule has 0 rings (SSSR count). The molecule has 0 aromatic heterocycles. The lowest BCUT2D eigenvalue weighted by Crippen LogP contribution is -2.63. The minimum absolute atomic E-state index is 4.10. The van der Waals surface area contributed by atoms with Crippen LogP contribution in [0.1, 0.15) is 0 Å². The molecule has 14 heteroatoms. The van der Waals surface area contributed by atoms with Crippen molar-refractivity contribution in [3.63, 3.8) is 0 Å². The summed E-state index contributed by atoms with van der Waals surface area (Å²) in [6.07, 6.45) is -26.8. The summed E-state index contributed by atoms with van der Waals surface area (Å²) in [6, 6.07) is -6.09. The van der Waals surface area contributed by atoms with Gasteiger partial charge in [-0.25, -0.2) is 30.7 Å². The number of halogens is 12. The topological polar surface area (TPSA) is 40.5 Å². The summed E-state index contributed by atoms with van der Waals surface area (Å²) in [4.78, 5) is 0. The van der Waals surface area contributed by atoms with Gasteiger partial charge in [0, 0.05) is 0 Å². The fourth-order valence-electron chi connectivity index (χ4n) is 1.24. The predicted molar refractivity (Wildman–Crippen MR) is 48.7 cm³/mol. The van der Waals surface area contributed by atoms with Gasteiger partial charge in [-0.1, -0.05) is 0 Å².